The molecule has 1 aromatic carbocycles. The highest BCUT2D eigenvalue weighted by molar-refractivity contribution is 5.94. The zero-order valence-corrected chi connectivity index (χ0v) is 10.2. The summed E-state index contributed by atoms with van der Waals surface area (Å²) in [4.78, 5) is 13.6. The predicted molar refractivity (Wildman–Crippen MR) is 68.8 cm³/mol. The van der Waals surface area contributed by atoms with E-state index in [9.17, 15) is 4.79 Å². The fourth-order valence-corrected chi connectivity index (χ4v) is 1.93. The van der Waals surface area contributed by atoms with E-state index in [0.717, 1.165) is 25.9 Å². The lowest BCUT2D eigenvalue weighted by Crippen LogP contribution is -2.32. The summed E-state index contributed by atoms with van der Waals surface area (Å²) < 4.78 is 5.41. The summed E-state index contributed by atoms with van der Waals surface area (Å²) in [6.45, 7) is 1.75. The van der Waals surface area contributed by atoms with Crippen LogP contribution in [0.15, 0.2) is 24.3 Å². The maximum Gasteiger partial charge on any atom is 0.260 e. The average molecular weight is 247 g/mol. The van der Waals surface area contributed by atoms with Gasteiger partial charge in [0.2, 0.25) is 0 Å². The summed E-state index contributed by atoms with van der Waals surface area (Å²) in [5.41, 5.74) is 6.00. The second kappa shape index (κ2) is 5.53. The Kier molecular flexibility index (Phi) is 3.82. The molecule has 2 rings (SSSR count). The van der Waals surface area contributed by atoms with E-state index >= 15 is 0 Å². The summed E-state index contributed by atoms with van der Waals surface area (Å²) in [5, 5.41) is 7.27. The fraction of sp³-hybridized carbons (Fsp3) is 0.385. The standard InChI is InChI=1S/C13H17N3O2/c14-13(15)10-3-5-11(6-4-10)18-9-12(17)16-7-1-2-8-16/h3-6H,1-2,7-9H2,(H3,14,15). The molecule has 5 nitrogen and oxygen atoms in total. The Labute approximate surface area is 106 Å². The SMILES string of the molecule is N=C(N)c1ccc(OCC(=O)N2CCCC2)cc1. The number of benzene rings is 1. The second-order valence-corrected chi connectivity index (χ2v) is 4.31. The lowest BCUT2D eigenvalue weighted by atomic mass is 10.2. The van der Waals surface area contributed by atoms with Gasteiger partial charge in [0.25, 0.3) is 5.91 Å². The molecule has 1 amide bonds. The van der Waals surface area contributed by atoms with E-state index in [1.54, 1.807) is 24.3 Å². The molecule has 1 aliphatic rings. The van der Waals surface area contributed by atoms with Crippen molar-refractivity contribution in [2.75, 3.05) is 19.7 Å². The van der Waals surface area contributed by atoms with Gasteiger partial charge in [0.05, 0.1) is 0 Å². The molecule has 18 heavy (non-hydrogen) atoms. The van der Waals surface area contributed by atoms with Crippen LogP contribution in [-0.4, -0.2) is 36.3 Å². The number of nitrogens with one attached hydrogen (secondary N) is 1. The topological polar surface area (TPSA) is 79.4 Å². The number of amides is 1. The zero-order chi connectivity index (χ0) is 13.0. The highest BCUT2D eigenvalue weighted by Crippen LogP contribution is 2.13. The van der Waals surface area contributed by atoms with Crippen molar-refractivity contribution >= 4 is 11.7 Å². The van der Waals surface area contributed by atoms with E-state index in [-0.39, 0.29) is 18.3 Å². The van der Waals surface area contributed by atoms with Crippen molar-refractivity contribution in [3.05, 3.63) is 29.8 Å². The Bertz CT molecular complexity index is 436. The number of nitrogens with two attached hydrogens (primary N) is 1. The quantitative estimate of drug-likeness (QED) is 0.614. The van der Waals surface area contributed by atoms with Gasteiger partial charge in [-0.2, -0.15) is 0 Å². The smallest absolute Gasteiger partial charge is 0.260 e. The Hall–Kier alpha value is -2.04. The van der Waals surface area contributed by atoms with Gasteiger partial charge in [0, 0.05) is 18.7 Å². The molecule has 1 fully saturated rings. The van der Waals surface area contributed by atoms with Crippen molar-refractivity contribution in [1.82, 2.24) is 4.90 Å². The van der Waals surface area contributed by atoms with Crippen molar-refractivity contribution in [2.24, 2.45) is 5.73 Å². The molecule has 1 aromatic rings. The van der Waals surface area contributed by atoms with Crippen molar-refractivity contribution in [3.8, 4) is 5.75 Å². The first-order valence-electron chi connectivity index (χ1n) is 6.02. The van der Waals surface area contributed by atoms with Crippen molar-refractivity contribution in [1.29, 1.82) is 5.41 Å². The minimum atomic E-state index is 0.0229. The first kappa shape index (κ1) is 12.4. The molecule has 96 valence electrons. The molecule has 1 saturated heterocycles. The summed E-state index contributed by atoms with van der Waals surface area (Å²) in [6, 6.07) is 6.85. The maximum atomic E-state index is 11.7. The summed E-state index contributed by atoms with van der Waals surface area (Å²) in [7, 11) is 0. The van der Waals surface area contributed by atoms with Crippen LogP contribution in [0.3, 0.4) is 0 Å². The Morgan fingerprint density at radius 1 is 1.28 bits per heavy atom. The summed E-state index contributed by atoms with van der Waals surface area (Å²) >= 11 is 0. The van der Waals surface area contributed by atoms with Crippen LogP contribution in [0.4, 0.5) is 0 Å². The van der Waals surface area contributed by atoms with E-state index in [2.05, 4.69) is 0 Å². The van der Waals surface area contributed by atoms with Gasteiger partial charge in [-0.1, -0.05) is 0 Å². The third-order valence-corrected chi connectivity index (χ3v) is 2.99. The van der Waals surface area contributed by atoms with E-state index in [0.29, 0.717) is 11.3 Å². The molecule has 3 N–H and O–H groups in total. The third kappa shape index (κ3) is 3.00. The van der Waals surface area contributed by atoms with E-state index in [1.807, 2.05) is 4.90 Å². The number of carbonyl (C=O) groups excluding carboxylic acids is 1. The number of rotatable bonds is 4. The van der Waals surface area contributed by atoms with Gasteiger partial charge in [-0.15, -0.1) is 0 Å². The Morgan fingerprint density at radius 3 is 2.44 bits per heavy atom. The number of ether oxygens (including phenoxy) is 1. The number of nitrogens with zero attached hydrogens (tertiary/aromatic N) is 1. The highest BCUT2D eigenvalue weighted by atomic mass is 16.5. The summed E-state index contributed by atoms with van der Waals surface area (Å²) in [5.74, 6) is 0.672. The number of nitrogen functional groups attached to an aromatic ring is 1. The van der Waals surface area contributed by atoms with Crippen LogP contribution in [0.1, 0.15) is 18.4 Å². The summed E-state index contributed by atoms with van der Waals surface area (Å²) in [6.07, 6.45) is 2.16. The molecule has 1 heterocycles. The fourth-order valence-electron chi connectivity index (χ4n) is 1.93. The van der Waals surface area contributed by atoms with E-state index in [4.69, 9.17) is 15.9 Å². The molecule has 0 bridgehead atoms. The molecule has 0 radical (unpaired) electrons. The van der Waals surface area contributed by atoms with Crippen LogP contribution in [-0.2, 0) is 4.79 Å². The minimum absolute atomic E-state index is 0.0229. The van der Waals surface area contributed by atoms with Crippen LogP contribution < -0.4 is 10.5 Å². The van der Waals surface area contributed by atoms with Gasteiger partial charge in [-0.3, -0.25) is 10.2 Å². The number of hydrogen-bond donors (Lipinski definition) is 2. The van der Waals surface area contributed by atoms with Crippen molar-refractivity contribution in [3.63, 3.8) is 0 Å². The molecular weight excluding hydrogens is 230 g/mol. The molecule has 0 aromatic heterocycles. The van der Waals surface area contributed by atoms with Crippen LogP contribution in [0.25, 0.3) is 0 Å². The second-order valence-electron chi connectivity index (χ2n) is 4.31. The lowest BCUT2D eigenvalue weighted by Gasteiger charge is -2.15. The molecule has 1 aliphatic heterocycles. The minimum Gasteiger partial charge on any atom is -0.484 e. The number of carbonyl (C=O) groups is 1. The van der Waals surface area contributed by atoms with Gasteiger partial charge in [-0.05, 0) is 37.1 Å². The first-order chi connectivity index (χ1) is 8.66. The molecule has 0 saturated carbocycles. The van der Waals surface area contributed by atoms with E-state index < -0.39 is 0 Å². The number of amidine groups is 1. The van der Waals surface area contributed by atoms with Crippen LogP contribution in [0, 0.1) is 5.41 Å². The highest BCUT2D eigenvalue weighted by Gasteiger charge is 2.17. The third-order valence-electron chi connectivity index (χ3n) is 2.99. The average Bonchev–Trinajstić information content (AvgIpc) is 2.90. The van der Waals surface area contributed by atoms with Gasteiger partial charge in [-0.25, -0.2) is 0 Å². The van der Waals surface area contributed by atoms with Gasteiger partial charge < -0.3 is 15.4 Å². The van der Waals surface area contributed by atoms with E-state index in [1.165, 1.54) is 0 Å². The lowest BCUT2D eigenvalue weighted by molar-refractivity contribution is -0.132. The Morgan fingerprint density at radius 2 is 1.89 bits per heavy atom. The molecule has 0 aliphatic carbocycles. The molecule has 0 spiro atoms. The van der Waals surface area contributed by atoms with Crippen LogP contribution in [0.5, 0.6) is 5.75 Å². The maximum absolute atomic E-state index is 11.7. The Balaban J connectivity index is 1.86. The van der Waals surface area contributed by atoms with Crippen LogP contribution in [0.2, 0.25) is 0 Å². The molecule has 0 atom stereocenters. The monoisotopic (exact) mass is 247 g/mol. The zero-order valence-electron chi connectivity index (χ0n) is 10.2. The molecular formula is C13H17N3O2. The first-order valence-corrected chi connectivity index (χ1v) is 6.02. The van der Waals surface area contributed by atoms with Crippen molar-refractivity contribution < 1.29 is 9.53 Å². The van der Waals surface area contributed by atoms with Gasteiger partial charge in [0.1, 0.15) is 11.6 Å². The van der Waals surface area contributed by atoms with Crippen LogP contribution >= 0.6 is 0 Å². The predicted octanol–water partition coefficient (Wildman–Crippen LogP) is 0.972. The van der Waals surface area contributed by atoms with Gasteiger partial charge >= 0.3 is 0 Å². The largest absolute Gasteiger partial charge is 0.484 e. The number of likely N-dealkylation sites (tertiary alicyclic amines) is 1. The molecule has 5 heteroatoms. The number of hydrogen-bond acceptors (Lipinski definition) is 3. The molecule has 0 unspecified atom stereocenters. The van der Waals surface area contributed by atoms with Crippen molar-refractivity contribution in [2.45, 2.75) is 12.8 Å². The normalized spacial score (nSPS) is 14.6. The van der Waals surface area contributed by atoms with Gasteiger partial charge in [0.15, 0.2) is 6.61 Å².